The summed E-state index contributed by atoms with van der Waals surface area (Å²) in [6.45, 7) is 10.0. The first-order valence-corrected chi connectivity index (χ1v) is 10.2. The fraction of sp³-hybridized carbons (Fsp3) is 0.476. The number of hydrogen-bond donors (Lipinski definition) is 2. The van der Waals surface area contributed by atoms with E-state index in [0.29, 0.717) is 11.7 Å². The van der Waals surface area contributed by atoms with E-state index in [1.165, 1.54) is 16.9 Å². The number of thiazole rings is 1. The second-order valence-corrected chi connectivity index (χ2v) is 8.88. The Morgan fingerprint density at radius 3 is 2.41 bits per heavy atom. The lowest BCUT2D eigenvalue weighted by Gasteiger charge is -2.17. The highest BCUT2D eigenvalue weighted by Crippen LogP contribution is 2.30. The third-order valence-corrected chi connectivity index (χ3v) is 5.01. The molecule has 0 radical (unpaired) electrons. The molecule has 0 unspecified atom stereocenters. The van der Waals surface area contributed by atoms with E-state index >= 15 is 0 Å². The van der Waals surface area contributed by atoms with Crippen LogP contribution in [0.1, 0.15) is 51.0 Å². The van der Waals surface area contributed by atoms with Crippen molar-refractivity contribution in [2.24, 2.45) is 5.41 Å². The third kappa shape index (κ3) is 6.17. The lowest BCUT2D eigenvalue weighted by molar-refractivity contribution is -0.128. The molecule has 27 heavy (non-hydrogen) atoms. The summed E-state index contributed by atoms with van der Waals surface area (Å²) in [6.07, 6.45) is 2.42. The van der Waals surface area contributed by atoms with Crippen LogP contribution in [0.25, 0.3) is 11.3 Å². The van der Waals surface area contributed by atoms with Gasteiger partial charge in [-0.2, -0.15) is 0 Å². The average Bonchev–Trinajstić information content (AvgIpc) is 2.95. The van der Waals surface area contributed by atoms with Crippen LogP contribution >= 0.6 is 11.3 Å². The predicted molar refractivity (Wildman–Crippen MR) is 112 cm³/mol. The van der Waals surface area contributed by atoms with Gasteiger partial charge in [0.15, 0.2) is 5.13 Å². The van der Waals surface area contributed by atoms with Gasteiger partial charge in [-0.05, 0) is 18.9 Å². The minimum atomic E-state index is -0.454. The molecule has 2 N–H and O–H groups in total. The number of amides is 2. The molecule has 0 saturated carbocycles. The van der Waals surface area contributed by atoms with Crippen LogP contribution in [0.15, 0.2) is 24.3 Å². The Labute approximate surface area is 165 Å². The fourth-order valence-corrected chi connectivity index (χ4v) is 3.42. The molecule has 2 amide bonds. The van der Waals surface area contributed by atoms with Gasteiger partial charge in [-0.3, -0.25) is 9.59 Å². The number of carbonyl (C=O) groups excluding carboxylic acids is 2. The fourth-order valence-electron chi connectivity index (χ4n) is 2.57. The molecule has 146 valence electrons. The first-order chi connectivity index (χ1) is 12.7. The number of aryl methyl sites for hydroxylation is 2. The maximum atomic E-state index is 12.1. The molecule has 0 saturated heterocycles. The van der Waals surface area contributed by atoms with Crippen LogP contribution in [0.4, 0.5) is 5.13 Å². The van der Waals surface area contributed by atoms with Crippen LogP contribution < -0.4 is 10.6 Å². The standard InChI is InChI=1S/C21H29N3O2S/c1-6-7-15-8-10-16(11-9-15)18-14(2)27-20(24-18)23-17(25)12-13-22-19(26)21(3,4)5/h8-11H,6-7,12-13H2,1-5H3,(H,22,26)(H,23,24,25). The zero-order valence-corrected chi connectivity index (χ0v) is 17.6. The molecule has 2 aromatic rings. The highest BCUT2D eigenvalue weighted by Gasteiger charge is 2.20. The summed E-state index contributed by atoms with van der Waals surface area (Å²) >= 11 is 1.47. The molecule has 1 aromatic heterocycles. The summed E-state index contributed by atoms with van der Waals surface area (Å²) in [4.78, 5) is 29.6. The van der Waals surface area contributed by atoms with E-state index < -0.39 is 5.41 Å². The monoisotopic (exact) mass is 387 g/mol. The van der Waals surface area contributed by atoms with Crippen molar-refractivity contribution in [3.63, 3.8) is 0 Å². The van der Waals surface area contributed by atoms with Crippen LogP contribution in [-0.2, 0) is 16.0 Å². The van der Waals surface area contributed by atoms with Gasteiger partial charge in [0, 0.05) is 28.8 Å². The van der Waals surface area contributed by atoms with E-state index in [4.69, 9.17) is 0 Å². The van der Waals surface area contributed by atoms with Crippen LogP contribution in [0, 0.1) is 12.3 Å². The molecule has 0 bridgehead atoms. The van der Waals surface area contributed by atoms with Crippen molar-refractivity contribution in [3.8, 4) is 11.3 Å². The van der Waals surface area contributed by atoms with Gasteiger partial charge in [0.2, 0.25) is 11.8 Å². The Balaban J connectivity index is 1.93. The number of anilines is 1. The molecule has 6 heteroatoms. The maximum Gasteiger partial charge on any atom is 0.227 e. The average molecular weight is 388 g/mol. The number of aromatic nitrogens is 1. The molecule has 5 nitrogen and oxygen atoms in total. The van der Waals surface area contributed by atoms with Crippen molar-refractivity contribution in [2.45, 2.75) is 53.9 Å². The second-order valence-electron chi connectivity index (χ2n) is 7.67. The van der Waals surface area contributed by atoms with E-state index in [-0.39, 0.29) is 18.2 Å². The summed E-state index contributed by atoms with van der Waals surface area (Å²) in [5, 5.41) is 6.20. The Kier molecular flexibility index (Phi) is 7.13. The van der Waals surface area contributed by atoms with Gasteiger partial charge >= 0.3 is 0 Å². The number of hydrogen-bond acceptors (Lipinski definition) is 4. The van der Waals surface area contributed by atoms with Crippen LogP contribution in [0.2, 0.25) is 0 Å². The van der Waals surface area contributed by atoms with Crippen molar-refractivity contribution in [1.29, 1.82) is 0 Å². The Hall–Kier alpha value is -2.21. The molecule has 0 atom stereocenters. The minimum Gasteiger partial charge on any atom is -0.355 e. The number of carbonyl (C=O) groups is 2. The van der Waals surface area contributed by atoms with Gasteiger partial charge in [-0.25, -0.2) is 4.98 Å². The normalized spacial score (nSPS) is 11.3. The molecule has 0 aliphatic carbocycles. The molecule has 0 fully saturated rings. The number of nitrogens with one attached hydrogen (secondary N) is 2. The maximum absolute atomic E-state index is 12.1. The second kappa shape index (κ2) is 9.13. The van der Waals surface area contributed by atoms with Crippen LogP contribution in [0.5, 0.6) is 0 Å². The van der Waals surface area contributed by atoms with Crippen molar-refractivity contribution in [2.75, 3.05) is 11.9 Å². The van der Waals surface area contributed by atoms with E-state index in [0.717, 1.165) is 29.0 Å². The highest BCUT2D eigenvalue weighted by atomic mass is 32.1. The Morgan fingerprint density at radius 2 is 1.81 bits per heavy atom. The molecule has 0 aliphatic rings. The van der Waals surface area contributed by atoms with Gasteiger partial charge in [0.1, 0.15) is 0 Å². The smallest absolute Gasteiger partial charge is 0.227 e. The third-order valence-electron chi connectivity index (χ3n) is 4.13. The van der Waals surface area contributed by atoms with Gasteiger partial charge in [-0.15, -0.1) is 11.3 Å². The minimum absolute atomic E-state index is 0.0609. The summed E-state index contributed by atoms with van der Waals surface area (Å²) in [5.74, 6) is -0.211. The van der Waals surface area contributed by atoms with E-state index in [2.05, 4.69) is 46.8 Å². The first kappa shape index (κ1) is 21.1. The lowest BCUT2D eigenvalue weighted by atomic mass is 9.96. The molecule has 1 aromatic carbocycles. The van der Waals surface area contributed by atoms with Gasteiger partial charge in [-0.1, -0.05) is 58.4 Å². The van der Waals surface area contributed by atoms with Gasteiger partial charge < -0.3 is 10.6 Å². The number of benzene rings is 1. The Bertz CT molecular complexity index is 789. The topological polar surface area (TPSA) is 71.1 Å². The summed E-state index contributed by atoms with van der Waals surface area (Å²) in [7, 11) is 0. The Morgan fingerprint density at radius 1 is 1.15 bits per heavy atom. The van der Waals surface area contributed by atoms with E-state index in [1.807, 2.05) is 27.7 Å². The molecule has 2 rings (SSSR count). The largest absolute Gasteiger partial charge is 0.355 e. The van der Waals surface area contributed by atoms with E-state index in [1.54, 1.807) is 0 Å². The number of rotatable bonds is 7. The van der Waals surface area contributed by atoms with Crippen molar-refractivity contribution in [1.82, 2.24) is 10.3 Å². The lowest BCUT2D eigenvalue weighted by Crippen LogP contribution is -2.36. The van der Waals surface area contributed by atoms with Crippen molar-refractivity contribution in [3.05, 3.63) is 34.7 Å². The van der Waals surface area contributed by atoms with Gasteiger partial charge in [0.25, 0.3) is 0 Å². The van der Waals surface area contributed by atoms with Crippen LogP contribution in [-0.4, -0.2) is 23.3 Å². The van der Waals surface area contributed by atoms with E-state index in [9.17, 15) is 9.59 Å². The summed E-state index contributed by atoms with van der Waals surface area (Å²) < 4.78 is 0. The quantitative estimate of drug-likeness (QED) is 0.731. The molecular weight excluding hydrogens is 358 g/mol. The van der Waals surface area contributed by atoms with Crippen molar-refractivity contribution >= 4 is 28.3 Å². The first-order valence-electron chi connectivity index (χ1n) is 9.35. The summed E-state index contributed by atoms with van der Waals surface area (Å²) in [5.41, 5.74) is 2.82. The molecular formula is C21H29N3O2S. The van der Waals surface area contributed by atoms with Gasteiger partial charge in [0.05, 0.1) is 5.69 Å². The molecule has 1 heterocycles. The molecule has 0 aliphatic heterocycles. The predicted octanol–water partition coefficient (Wildman–Crippen LogP) is 4.56. The zero-order valence-electron chi connectivity index (χ0n) is 16.8. The number of nitrogens with zero attached hydrogens (tertiary/aromatic N) is 1. The highest BCUT2D eigenvalue weighted by molar-refractivity contribution is 7.16. The zero-order chi connectivity index (χ0) is 20.0. The molecule has 0 spiro atoms. The SMILES string of the molecule is CCCc1ccc(-c2nc(NC(=O)CCNC(=O)C(C)(C)C)sc2C)cc1. The van der Waals surface area contributed by atoms with Crippen LogP contribution in [0.3, 0.4) is 0 Å². The van der Waals surface area contributed by atoms with Crippen molar-refractivity contribution < 1.29 is 9.59 Å². The summed E-state index contributed by atoms with van der Waals surface area (Å²) in [6, 6.07) is 8.43.